The highest BCUT2D eigenvalue weighted by atomic mass is 16.3. The molecular weight excluding hydrogens is 380 g/mol. The van der Waals surface area contributed by atoms with Gasteiger partial charge in [0.05, 0.1) is 5.69 Å². The first-order valence-electron chi connectivity index (χ1n) is 10.8. The molecule has 0 unspecified atom stereocenters. The Labute approximate surface area is 181 Å². The Kier molecular flexibility index (Phi) is 3.57. The molecule has 3 heterocycles. The predicted octanol–water partition coefficient (Wildman–Crippen LogP) is 7.27. The second-order valence-electron chi connectivity index (χ2n) is 9.30. The van der Waals surface area contributed by atoms with Crippen molar-refractivity contribution in [2.24, 2.45) is 0 Å². The standard InChI is InChI=1S/C28H24N2O/c1-15-6-7-18-19-8-9-22-25(20-14-29-11-10-21(20)28(22,4)5)27(19)31-26(18)24(15)23-12-16(2)17(3)13-30-23/h6-14H,1-5H3. The van der Waals surface area contributed by atoms with Gasteiger partial charge < -0.3 is 4.42 Å². The predicted molar refractivity (Wildman–Crippen MR) is 127 cm³/mol. The van der Waals surface area contributed by atoms with Crippen molar-refractivity contribution in [3.05, 3.63) is 82.8 Å². The molecular formula is C28H24N2O. The fourth-order valence-corrected chi connectivity index (χ4v) is 5.15. The summed E-state index contributed by atoms with van der Waals surface area (Å²) in [6, 6.07) is 13.1. The number of hydrogen-bond acceptors (Lipinski definition) is 3. The first-order valence-corrected chi connectivity index (χ1v) is 10.8. The van der Waals surface area contributed by atoms with Crippen molar-refractivity contribution in [1.29, 1.82) is 0 Å². The molecule has 1 aliphatic rings. The molecule has 0 radical (unpaired) electrons. The largest absolute Gasteiger partial charge is 0.455 e. The summed E-state index contributed by atoms with van der Waals surface area (Å²) in [6.07, 6.45) is 5.81. The van der Waals surface area contributed by atoms with Crippen LogP contribution in [0.3, 0.4) is 0 Å². The minimum absolute atomic E-state index is 0.0743. The molecule has 0 N–H and O–H groups in total. The van der Waals surface area contributed by atoms with E-state index in [2.05, 4.69) is 76.0 Å². The van der Waals surface area contributed by atoms with E-state index in [0.717, 1.165) is 33.2 Å². The Morgan fingerprint density at radius 1 is 0.742 bits per heavy atom. The average Bonchev–Trinajstić information content (AvgIpc) is 3.23. The molecule has 0 bridgehead atoms. The number of aromatic nitrogens is 2. The molecule has 0 atom stereocenters. The van der Waals surface area contributed by atoms with Crippen LogP contribution in [0, 0.1) is 20.8 Å². The van der Waals surface area contributed by atoms with E-state index < -0.39 is 0 Å². The molecule has 0 saturated carbocycles. The van der Waals surface area contributed by atoms with Gasteiger partial charge in [-0.1, -0.05) is 38.1 Å². The highest BCUT2D eigenvalue weighted by Crippen LogP contribution is 2.52. The van der Waals surface area contributed by atoms with Crippen LogP contribution in [0.15, 0.2) is 59.4 Å². The fraction of sp³-hybridized carbons (Fsp3) is 0.214. The lowest BCUT2D eigenvalue weighted by atomic mass is 9.82. The first-order chi connectivity index (χ1) is 14.9. The van der Waals surface area contributed by atoms with Crippen molar-refractivity contribution in [3.63, 3.8) is 0 Å². The van der Waals surface area contributed by atoms with Gasteiger partial charge in [0.2, 0.25) is 0 Å². The van der Waals surface area contributed by atoms with Gasteiger partial charge in [-0.05, 0) is 60.7 Å². The third-order valence-corrected chi connectivity index (χ3v) is 7.08. The molecule has 3 aromatic heterocycles. The minimum atomic E-state index is -0.0743. The minimum Gasteiger partial charge on any atom is -0.455 e. The molecule has 2 aromatic carbocycles. The van der Waals surface area contributed by atoms with E-state index in [1.165, 1.54) is 38.9 Å². The van der Waals surface area contributed by atoms with Crippen molar-refractivity contribution in [3.8, 4) is 22.4 Å². The van der Waals surface area contributed by atoms with Crippen molar-refractivity contribution < 1.29 is 4.42 Å². The quantitative estimate of drug-likeness (QED) is 0.295. The van der Waals surface area contributed by atoms with Gasteiger partial charge in [-0.2, -0.15) is 0 Å². The summed E-state index contributed by atoms with van der Waals surface area (Å²) >= 11 is 0. The van der Waals surface area contributed by atoms with Crippen molar-refractivity contribution in [2.75, 3.05) is 0 Å². The van der Waals surface area contributed by atoms with Crippen LogP contribution in [-0.4, -0.2) is 9.97 Å². The fourth-order valence-electron chi connectivity index (χ4n) is 5.15. The lowest BCUT2D eigenvalue weighted by Gasteiger charge is -2.20. The van der Waals surface area contributed by atoms with Gasteiger partial charge in [-0.3, -0.25) is 9.97 Å². The van der Waals surface area contributed by atoms with Gasteiger partial charge in [0.25, 0.3) is 0 Å². The summed E-state index contributed by atoms with van der Waals surface area (Å²) in [4.78, 5) is 9.18. The van der Waals surface area contributed by atoms with E-state index in [0.29, 0.717) is 0 Å². The number of hydrogen-bond donors (Lipinski definition) is 0. The van der Waals surface area contributed by atoms with Crippen molar-refractivity contribution >= 4 is 21.9 Å². The number of benzene rings is 2. The van der Waals surface area contributed by atoms with Gasteiger partial charge in [-0.15, -0.1) is 0 Å². The van der Waals surface area contributed by atoms with E-state index >= 15 is 0 Å². The van der Waals surface area contributed by atoms with Crippen LogP contribution in [0.4, 0.5) is 0 Å². The Hall–Kier alpha value is -3.46. The summed E-state index contributed by atoms with van der Waals surface area (Å²) in [6.45, 7) is 10.9. The lowest BCUT2D eigenvalue weighted by Crippen LogP contribution is -2.14. The zero-order valence-corrected chi connectivity index (χ0v) is 18.5. The van der Waals surface area contributed by atoms with Crippen LogP contribution in [0.25, 0.3) is 44.3 Å². The number of furan rings is 1. The number of aryl methyl sites for hydroxylation is 3. The first kappa shape index (κ1) is 18.3. The van der Waals surface area contributed by atoms with Crippen LogP contribution in [-0.2, 0) is 5.41 Å². The van der Waals surface area contributed by atoms with E-state index in [-0.39, 0.29) is 5.41 Å². The van der Waals surface area contributed by atoms with Crippen molar-refractivity contribution in [2.45, 2.75) is 40.0 Å². The molecule has 3 nitrogen and oxygen atoms in total. The molecule has 1 aliphatic carbocycles. The van der Waals surface area contributed by atoms with E-state index in [1.54, 1.807) is 0 Å². The van der Waals surface area contributed by atoms with Crippen LogP contribution in [0.2, 0.25) is 0 Å². The zero-order chi connectivity index (χ0) is 21.5. The highest BCUT2D eigenvalue weighted by molar-refractivity contribution is 6.14. The van der Waals surface area contributed by atoms with Gasteiger partial charge in [0, 0.05) is 51.5 Å². The molecule has 5 aromatic rings. The van der Waals surface area contributed by atoms with Crippen LogP contribution < -0.4 is 0 Å². The molecule has 0 spiro atoms. The average molecular weight is 405 g/mol. The Morgan fingerprint density at radius 2 is 1.48 bits per heavy atom. The summed E-state index contributed by atoms with van der Waals surface area (Å²) in [5, 5.41) is 2.28. The Bertz CT molecular complexity index is 1540. The van der Waals surface area contributed by atoms with Gasteiger partial charge in [-0.25, -0.2) is 0 Å². The van der Waals surface area contributed by atoms with Crippen LogP contribution in [0.5, 0.6) is 0 Å². The third-order valence-electron chi connectivity index (χ3n) is 7.08. The van der Waals surface area contributed by atoms with Gasteiger partial charge in [0.15, 0.2) is 0 Å². The maximum atomic E-state index is 6.71. The molecule has 3 heteroatoms. The lowest BCUT2D eigenvalue weighted by molar-refractivity contribution is 0.653. The zero-order valence-electron chi connectivity index (χ0n) is 18.5. The van der Waals surface area contributed by atoms with Crippen LogP contribution in [0.1, 0.15) is 41.7 Å². The van der Waals surface area contributed by atoms with E-state index in [1.807, 2.05) is 18.6 Å². The summed E-state index contributed by atoms with van der Waals surface area (Å²) in [5.74, 6) is 0. The monoisotopic (exact) mass is 404 g/mol. The van der Waals surface area contributed by atoms with Gasteiger partial charge >= 0.3 is 0 Å². The number of rotatable bonds is 1. The van der Waals surface area contributed by atoms with Gasteiger partial charge in [0.1, 0.15) is 11.2 Å². The normalized spacial score (nSPS) is 14.2. The van der Waals surface area contributed by atoms with E-state index in [9.17, 15) is 0 Å². The van der Waals surface area contributed by atoms with Crippen LogP contribution >= 0.6 is 0 Å². The number of pyridine rings is 2. The molecule has 0 saturated heterocycles. The summed E-state index contributed by atoms with van der Waals surface area (Å²) in [5.41, 5.74) is 12.4. The second kappa shape index (κ2) is 6.04. The summed E-state index contributed by atoms with van der Waals surface area (Å²) < 4.78 is 6.71. The summed E-state index contributed by atoms with van der Waals surface area (Å²) in [7, 11) is 0. The molecule has 6 rings (SSSR count). The smallest absolute Gasteiger partial charge is 0.145 e. The van der Waals surface area contributed by atoms with Crippen molar-refractivity contribution in [1.82, 2.24) is 9.97 Å². The molecule has 31 heavy (non-hydrogen) atoms. The maximum absolute atomic E-state index is 6.71. The van der Waals surface area contributed by atoms with E-state index in [4.69, 9.17) is 9.40 Å². The number of nitrogens with zero attached hydrogens (tertiary/aromatic N) is 2. The SMILES string of the molecule is Cc1cnc(-c2c(C)ccc3c2oc2c4c(ccc23)C(C)(C)c2ccncc2-4)cc1C. The Balaban J connectivity index is 1.74. The Morgan fingerprint density at radius 3 is 2.26 bits per heavy atom. The maximum Gasteiger partial charge on any atom is 0.145 e. The molecule has 0 amide bonds. The highest BCUT2D eigenvalue weighted by Gasteiger charge is 2.37. The third kappa shape index (κ3) is 2.35. The topological polar surface area (TPSA) is 38.9 Å². The molecule has 0 aliphatic heterocycles. The molecule has 0 fully saturated rings. The second-order valence-corrected chi connectivity index (χ2v) is 9.30. The molecule has 152 valence electrons. The number of fused-ring (bicyclic) bond motifs is 7.